The van der Waals surface area contributed by atoms with Gasteiger partial charge >= 0.3 is 24.0 Å². The fourth-order valence-electron chi connectivity index (χ4n) is 4.01. The highest BCUT2D eigenvalue weighted by Crippen LogP contribution is 2.40. The first-order chi connectivity index (χ1) is 16.9. The zero-order chi connectivity index (χ0) is 26.5. The summed E-state index contributed by atoms with van der Waals surface area (Å²) in [5.74, 6) is -2.98. The van der Waals surface area contributed by atoms with Gasteiger partial charge in [-0.1, -0.05) is 30.3 Å². The Kier molecular flexibility index (Phi) is 8.88. The third-order valence-electron chi connectivity index (χ3n) is 5.33. The van der Waals surface area contributed by atoms with Crippen LogP contribution in [0, 0.1) is 0 Å². The van der Waals surface area contributed by atoms with Gasteiger partial charge in [0.15, 0.2) is 30.4 Å². The molecular formula is C24H31NO11. The lowest BCUT2D eigenvalue weighted by molar-refractivity contribution is -0.234. The number of carbonyl (C=O) groups is 4. The Morgan fingerprint density at radius 2 is 1.67 bits per heavy atom. The molecule has 2 heterocycles. The molecule has 1 amide bonds. The minimum Gasteiger partial charge on any atom is -0.464 e. The van der Waals surface area contributed by atoms with Crippen molar-refractivity contribution in [1.29, 1.82) is 0 Å². The molecular weight excluding hydrogens is 478 g/mol. The summed E-state index contributed by atoms with van der Waals surface area (Å²) in [4.78, 5) is 48.1. The van der Waals surface area contributed by atoms with E-state index in [1.165, 1.54) is 13.8 Å². The summed E-state index contributed by atoms with van der Waals surface area (Å²) in [7, 11) is 0. The molecule has 6 atom stereocenters. The number of hydrogen-bond donors (Lipinski definition) is 1. The maximum absolute atomic E-state index is 12.6. The number of hydrogen-bond acceptors (Lipinski definition) is 11. The third kappa shape index (κ3) is 7.39. The van der Waals surface area contributed by atoms with Crippen molar-refractivity contribution < 1.29 is 52.3 Å². The summed E-state index contributed by atoms with van der Waals surface area (Å²) < 4.78 is 38.9. The summed E-state index contributed by atoms with van der Waals surface area (Å²) in [5, 5.41) is 2.56. The SMILES string of the molecule is CC(=O)OC[C@H](NC(=O)OCc1ccccc1)[C@H](OC(C)=O)[C@H]1O[C@@H]2OC(C)(C)O[C@@H]2[C@H]1OC(C)=O. The van der Waals surface area contributed by atoms with Gasteiger partial charge in [-0.15, -0.1) is 0 Å². The van der Waals surface area contributed by atoms with Crippen LogP contribution in [0.4, 0.5) is 4.79 Å². The van der Waals surface area contributed by atoms with E-state index < -0.39 is 66.5 Å². The minimum absolute atomic E-state index is 0.0257. The lowest BCUT2D eigenvalue weighted by atomic mass is 9.99. The largest absolute Gasteiger partial charge is 0.464 e. The topological polar surface area (TPSA) is 145 Å². The first kappa shape index (κ1) is 27.4. The van der Waals surface area contributed by atoms with E-state index in [4.69, 9.17) is 33.2 Å². The number of alkyl carbamates (subject to hydrolysis) is 1. The van der Waals surface area contributed by atoms with E-state index in [0.29, 0.717) is 0 Å². The number of fused-ring (bicyclic) bond motifs is 1. The fraction of sp³-hybridized carbons (Fsp3) is 0.583. The Labute approximate surface area is 208 Å². The van der Waals surface area contributed by atoms with Crippen LogP contribution < -0.4 is 5.32 Å². The van der Waals surface area contributed by atoms with Crippen molar-refractivity contribution in [3.8, 4) is 0 Å². The summed E-state index contributed by atoms with van der Waals surface area (Å²) in [6.45, 7) is 6.49. The van der Waals surface area contributed by atoms with Crippen molar-refractivity contribution in [2.24, 2.45) is 0 Å². The van der Waals surface area contributed by atoms with Gasteiger partial charge in [-0.2, -0.15) is 0 Å². The summed E-state index contributed by atoms with van der Waals surface area (Å²) in [6.07, 6.45) is -6.07. The summed E-state index contributed by atoms with van der Waals surface area (Å²) in [6, 6.07) is 7.85. The highest BCUT2D eigenvalue weighted by atomic mass is 16.8. The second kappa shape index (κ2) is 11.7. The predicted octanol–water partition coefficient (Wildman–Crippen LogP) is 1.58. The molecule has 198 valence electrons. The van der Waals surface area contributed by atoms with Gasteiger partial charge in [0.1, 0.15) is 25.4 Å². The van der Waals surface area contributed by atoms with Gasteiger partial charge in [-0.05, 0) is 19.4 Å². The van der Waals surface area contributed by atoms with Gasteiger partial charge in [0, 0.05) is 20.8 Å². The molecule has 0 radical (unpaired) electrons. The van der Waals surface area contributed by atoms with E-state index in [2.05, 4.69) is 5.32 Å². The molecule has 1 N–H and O–H groups in total. The van der Waals surface area contributed by atoms with E-state index in [9.17, 15) is 19.2 Å². The first-order valence-corrected chi connectivity index (χ1v) is 11.4. The van der Waals surface area contributed by atoms with Crippen LogP contribution in [0.3, 0.4) is 0 Å². The smallest absolute Gasteiger partial charge is 0.407 e. The van der Waals surface area contributed by atoms with Crippen LogP contribution in [0.2, 0.25) is 0 Å². The van der Waals surface area contributed by atoms with Crippen molar-refractivity contribution in [2.45, 2.75) is 83.8 Å². The lowest BCUT2D eigenvalue weighted by Crippen LogP contribution is -2.57. The van der Waals surface area contributed by atoms with Gasteiger partial charge in [0.05, 0.1) is 0 Å². The minimum atomic E-state index is -1.27. The Balaban J connectivity index is 1.83. The molecule has 2 aliphatic rings. The van der Waals surface area contributed by atoms with E-state index in [0.717, 1.165) is 12.5 Å². The molecule has 0 aromatic heterocycles. The number of amides is 1. The molecule has 1 aromatic rings. The van der Waals surface area contributed by atoms with E-state index >= 15 is 0 Å². The molecule has 2 aliphatic heterocycles. The van der Waals surface area contributed by atoms with Crippen LogP contribution in [0.1, 0.15) is 40.2 Å². The summed E-state index contributed by atoms with van der Waals surface area (Å²) >= 11 is 0. The number of esters is 3. The molecule has 0 aliphatic carbocycles. The first-order valence-electron chi connectivity index (χ1n) is 11.4. The third-order valence-corrected chi connectivity index (χ3v) is 5.33. The van der Waals surface area contributed by atoms with Crippen molar-refractivity contribution in [3.05, 3.63) is 35.9 Å². The van der Waals surface area contributed by atoms with Crippen LogP contribution in [0.15, 0.2) is 30.3 Å². The van der Waals surface area contributed by atoms with Crippen molar-refractivity contribution in [2.75, 3.05) is 6.61 Å². The average molecular weight is 510 g/mol. The molecule has 36 heavy (non-hydrogen) atoms. The zero-order valence-corrected chi connectivity index (χ0v) is 20.8. The second-order valence-electron chi connectivity index (χ2n) is 8.83. The molecule has 12 heteroatoms. The Bertz CT molecular complexity index is 951. The van der Waals surface area contributed by atoms with E-state index in [1.807, 2.05) is 6.07 Å². The predicted molar refractivity (Wildman–Crippen MR) is 120 cm³/mol. The quantitative estimate of drug-likeness (QED) is 0.382. The van der Waals surface area contributed by atoms with Gasteiger partial charge in [0.2, 0.25) is 0 Å². The van der Waals surface area contributed by atoms with E-state index in [-0.39, 0.29) is 13.2 Å². The lowest BCUT2D eigenvalue weighted by Gasteiger charge is -2.34. The highest BCUT2D eigenvalue weighted by Gasteiger charge is 2.60. The average Bonchev–Trinajstić information content (AvgIpc) is 3.26. The van der Waals surface area contributed by atoms with Crippen molar-refractivity contribution in [3.63, 3.8) is 0 Å². The van der Waals surface area contributed by atoms with Gasteiger partial charge in [-0.25, -0.2) is 4.79 Å². The van der Waals surface area contributed by atoms with E-state index in [1.54, 1.807) is 38.1 Å². The van der Waals surface area contributed by atoms with Crippen molar-refractivity contribution >= 4 is 24.0 Å². The molecule has 0 spiro atoms. The molecule has 1 aromatic carbocycles. The molecule has 2 fully saturated rings. The van der Waals surface area contributed by atoms with Crippen LogP contribution >= 0.6 is 0 Å². The normalized spacial score (nSPS) is 25.7. The van der Waals surface area contributed by atoms with Gasteiger partial charge in [-0.3, -0.25) is 14.4 Å². The van der Waals surface area contributed by atoms with Crippen molar-refractivity contribution in [1.82, 2.24) is 5.32 Å². The van der Waals surface area contributed by atoms with Crippen LogP contribution in [-0.2, 0) is 54.1 Å². The Morgan fingerprint density at radius 3 is 2.28 bits per heavy atom. The Hall–Kier alpha value is -3.22. The number of benzene rings is 1. The number of rotatable bonds is 9. The molecule has 2 saturated heterocycles. The fourth-order valence-corrected chi connectivity index (χ4v) is 4.01. The number of ether oxygens (including phenoxy) is 7. The molecule has 0 bridgehead atoms. The maximum atomic E-state index is 12.6. The Morgan fingerprint density at radius 1 is 0.972 bits per heavy atom. The van der Waals surface area contributed by atoms with Gasteiger partial charge in [0.25, 0.3) is 0 Å². The zero-order valence-electron chi connectivity index (χ0n) is 20.8. The second-order valence-corrected chi connectivity index (χ2v) is 8.83. The number of carbonyl (C=O) groups excluding carboxylic acids is 4. The highest BCUT2D eigenvalue weighted by molar-refractivity contribution is 5.69. The molecule has 12 nitrogen and oxygen atoms in total. The van der Waals surface area contributed by atoms with Crippen LogP contribution in [0.5, 0.6) is 0 Å². The van der Waals surface area contributed by atoms with Crippen LogP contribution in [-0.4, -0.2) is 73.1 Å². The molecule has 0 unspecified atom stereocenters. The standard InChI is InChI=1S/C24H31NO11/c1-13(26)30-12-17(25-23(29)31-11-16-9-7-6-8-10-16)18(32-14(2)27)19-20(33-15(3)28)21-22(34-19)36-24(4,5)35-21/h6-10,17-22H,11-12H2,1-5H3,(H,25,29)/t17-,18-,19+,20-,21+,22+/m0/s1. The summed E-state index contributed by atoms with van der Waals surface area (Å²) in [5.41, 5.74) is 0.750. The monoisotopic (exact) mass is 509 g/mol. The molecule has 3 rings (SSSR count). The maximum Gasteiger partial charge on any atom is 0.407 e. The molecule has 0 saturated carbocycles. The van der Waals surface area contributed by atoms with Gasteiger partial charge < -0.3 is 38.5 Å². The van der Waals surface area contributed by atoms with Crippen LogP contribution in [0.25, 0.3) is 0 Å². The number of nitrogens with one attached hydrogen (secondary N) is 1.